The van der Waals surface area contributed by atoms with Crippen LogP contribution in [0.15, 0.2) is 60.7 Å². The van der Waals surface area contributed by atoms with Gasteiger partial charge >= 0.3 is 5.97 Å². The van der Waals surface area contributed by atoms with E-state index >= 15 is 0 Å². The summed E-state index contributed by atoms with van der Waals surface area (Å²) in [7, 11) is 0. The van der Waals surface area contributed by atoms with Crippen LogP contribution in [0.4, 0.5) is 0 Å². The second kappa shape index (κ2) is 18.6. The first-order chi connectivity index (χ1) is 24.5. The van der Waals surface area contributed by atoms with Crippen LogP contribution in [0.25, 0.3) is 12.2 Å². The summed E-state index contributed by atoms with van der Waals surface area (Å²) in [5.41, 5.74) is 2.54. The van der Waals surface area contributed by atoms with Gasteiger partial charge in [-0.3, -0.25) is 14.4 Å². The zero-order chi connectivity index (χ0) is 36.9. The van der Waals surface area contributed by atoms with Gasteiger partial charge in [0, 0.05) is 37.9 Å². The number of carbonyl (C=O) groups excluding carboxylic acids is 3. The molecule has 0 fully saturated rings. The minimum absolute atomic E-state index is 0.0126. The van der Waals surface area contributed by atoms with Gasteiger partial charge in [0.05, 0.1) is 25.2 Å². The van der Waals surface area contributed by atoms with Gasteiger partial charge in [-0.1, -0.05) is 74.5 Å². The van der Waals surface area contributed by atoms with E-state index in [1.165, 1.54) is 12.1 Å². The summed E-state index contributed by atoms with van der Waals surface area (Å²) < 4.78 is 19.2. The van der Waals surface area contributed by atoms with Crippen LogP contribution in [-0.4, -0.2) is 70.2 Å². The number of rotatable bonds is 20. The lowest BCUT2D eigenvalue weighted by atomic mass is 9.91. The number of aromatic hydroxyl groups is 2. The van der Waals surface area contributed by atoms with Crippen molar-refractivity contribution in [2.75, 3.05) is 26.4 Å². The molecule has 0 saturated heterocycles. The molecule has 0 spiro atoms. The van der Waals surface area contributed by atoms with Crippen molar-refractivity contribution < 1.29 is 43.6 Å². The van der Waals surface area contributed by atoms with Gasteiger partial charge in [-0.15, -0.1) is 4.73 Å². The second-order valence-electron chi connectivity index (χ2n) is 13.2. The Bertz CT molecular complexity index is 1630. The SMILES string of the molecule is CCC(C)(CCOC(C)(CC)C(=O)CCC(=O)OC1Cc2ccccc2C=Cc2ccccc21)OCCNC(=O)CCCOn1c(O)ccc1O. The third-order valence-corrected chi connectivity index (χ3v) is 9.58. The smallest absolute Gasteiger partial charge is 0.306 e. The Balaban J connectivity index is 1.18. The Kier molecular flexibility index (Phi) is 14.3. The largest absolute Gasteiger partial charge is 0.492 e. The van der Waals surface area contributed by atoms with Crippen molar-refractivity contribution in [3.8, 4) is 11.8 Å². The molecule has 11 nitrogen and oxygen atoms in total. The van der Waals surface area contributed by atoms with E-state index in [0.29, 0.717) is 45.3 Å². The van der Waals surface area contributed by atoms with E-state index in [-0.39, 0.29) is 55.9 Å². The molecule has 3 aromatic rings. The average Bonchev–Trinajstić information content (AvgIpc) is 3.45. The molecule has 4 rings (SSSR count). The number of aromatic nitrogens is 1. The normalized spacial score (nSPS) is 16.0. The van der Waals surface area contributed by atoms with E-state index in [4.69, 9.17) is 19.0 Å². The average molecular weight is 705 g/mol. The number of ether oxygens (including phenoxy) is 3. The maximum absolute atomic E-state index is 13.4. The quantitative estimate of drug-likeness (QED) is 0.0906. The summed E-state index contributed by atoms with van der Waals surface area (Å²) in [6, 6.07) is 18.6. The molecule has 0 radical (unpaired) electrons. The maximum Gasteiger partial charge on any atom is 0.306 e. The second-order valence-corrected chi connectivity index (χ2v) is 13.2. The number of hydrogen-bond donors (Lipinski definition) is 3. The van der Waals surface area contributed by atoms with Crippen molar-refractivity contribution in [1.29, 1.82) is 0 Å². The molecule has 0 aliphatic heterocycles. The highest BCUT2D eigenvalue weighted by molar-refractivity contribution is 5.89. The molecule has 0 saturated carbocycles. The highest BCUT2D eigenvalue weighted by atomic mass is 16.7. The Morgan fingerprint density at radius 2 is 1.51 bits per heavy atom. The van der Waals surface area contributed by atoms with Crippen molar-refractivity contribution in [2.24, 2.45) is 0 Å². The van der Waals surface area contributed by atoms with Crippen molar-refractivity contribution in [1.82, 2.24) is 10.0 Å². The number of nitrogens with one attached hydrogen (secondary N) is 1. The molecule has 1 aliphatic carbocycles. The summed E-state index contributed by atoms with van der Waals surface area (Å²) in [5.74, 6) is -1.18. The number of nitrogens with zero attached hydrogens (tertiary/aromatic N) is 1. The Morgan fingerprint density at radius 1 is 0.824 bits per heavy atom. The molecule has 51 heavy (non-hydrogen) atoms. The van der Waals surface area contributed by atoms with E-state index in [1.54, 1.807) is 6.92 Å². The number of esters is 1. The van der Waals surface area contributed by atoms with Crippen molar-refractivity contribution >= 4 is 29.8 Å². The number of ketones is 1. The lowest BCUT2D eigenvalue weighted by molar-refractivity contribution is -0.154. The molecule has 1 amide bonds. The molecular weight excluding hydrogens is 652 g/mol. The Labute approximate surface area is 300 Å². The monoisotopic (exact) mass is 704 g/mol. The van der Waals surface area contributed by atoms with Crippen molar-refractivity contribution in [3.63, 3.8) is 0 Å². The zero-order valence-corrected chi connectivity index (χ0v) is 30.2. The minimum Gasteiger partial charge on any atom is -0.492 e. The Morgan fingerprint density at radius 3 is 2.24 bits per heavy atom. The van der Waals surface area contributed by atoms with Crippen LogP contribution in [0.5, 0.6) is 11.8 Å². The molecule has 3 N–H and O–H groups in total. The first-order valence-corrected chi connectivity index (χ1v) is 17.8. The summed E-state index contributed by atoms with van der Waals surface area (Å²) in [5, 5.41) is 22.0. The van der Waals surface area contributed by atoms with Gasteiger partial charge in [-0.25, -0.2) is 0 Å². The molecule has 1 heterocycles. The highest BCUT2D eigenvalue weighted by Crippen LogP contribution is 2.32. The predicted octanol–water partition coefficient (Wildman–Crippen LogP) is 6.35. The number of carbonyl (C=O) groups is 3. The third-order valence-electron chi connectivity index (χ3n) is 9.58. The molecule has 11 heteroatoms. The standard InChI is InChI=1S/C40H52N2O9/c1-5-39(3,48-27-24-41-35(44)16-11-25-50-42-36(45)20-21-37(42)46)23-26-49-40(4,6-2)34(43)19-22-38(47)51-33-28-31-14-8-7-12-29(31)17-18-30-13-9-10-15-32(30)33/h7-10,12-15,17-18,20-21,33,45-46H,5-6,11,16,19,22-28H2,1-4H3,(H,41,44). The molecule has 1 aliphatic rings. The van der Waals surface area contributed by atoms with Crippen LogP contribution >= 0.6 is 0 Å². The van der Waals surface area contributed by atoms with E-state index in [9.17, 15) is 24.6 Å². The van der Waals surface area contributed by atoms with E-state index in [1.807, 2.05) is 75.4 Å². The summed E-state index contributed by atoms with van der Waals surface area (Å²) in [4.78, 5) is 44.0. The number of hydrogen-bond acceptors (Lipinski definition) is 9. The van der Waals surface area contributed by atoms with Gasteiger partial charge < -0.3 is 34.6 Å². The molecule has 2 aromatic carbocycles. The molecule has 0 bridgehead atoms. The molecular formula is C40H52N2O9. The number of Topliss-reactive ketones (excluding diaryl/α,β-unsaturated/α-hetero) is 1. The number of benzene rings is 2. The summed E-state index contributed by atoms with van der Waals surface area (Å²) in [6.07, 6.45) is 6.48. The summed E-state index contributed by atoms with van der Waals surface area (Å²) >= 11 is 0. The number of fused-ring (bicyclic) bond motifs is 2. The van der Waals surface area contributed by atoms with E-state index in [0.717, 1.165) is 27.0 Å². The molecule has 1 aromatic heterocycles. The van der Waals surface area contributed by atoms with Gasteiger partial charge in [0.25, 0.3) is 0 Å². The molecule has 3 atom stereocenters. The molecule has 3 unspecified atom stereocenters. The van der Waals surface area contributed by atoms with Gasteiger partial charge in [0.2, 0.25) is 17.7 Å². The molecule has 276 valence electrons. The van der Waals surface area contributed by atoms with Crippen LogP contribution in [0.3, 0.4) is 0 Å². The van der Waals surface area contributed by atoms with Crippen LogP contribution in [0.1, 0.15) is 101 Å². The van der Waals surface area contributed by atoms with Crippen LogP contribution in [0, 0.1) is 0 Å². The van der Waals surface area contributed by atoms with Gasteiger partial charge in [-0.05, 0) is 61.8 Å². The van der Waals surface area contributed by atoms with E-state index in [2.05, 4.69) is 11.4 Å². The van der Waals surface area contributed by atoms with Crippen LogP contribution in [-0.2, 0) is 35.0 Å². The van der Waals surface area contributed by atoms with E-state index < -0.39 is 23.3 Å². The maximum atomic E-state index is 13.4. The van der Waals surface area contributed by atoms with Crippen molar-refractivity contribution in [3.05, 3.63) is 82.9 Å². The first kappa shape index (κ1) is 39.2. The van der Waals surface area contributed by atoms with Gasteiger partial charge in [0.15, 0.2) is 5.78 Å². The highest BCUT2D eigenvalue weighted by Gasteiger charge is 2.34. The fraction of sp³-hybridized carbons (Fsp3) is 0.475. The van der Waals surface area contributed by atoms with Crippen LogP contribution < -0.4 is 10.2 Å². The number of amides is 1. The van der Waals surface area contributed by atoms with Gasteiger partial charge in [-0.2, -0.15) is 0 Å². The summed E-state index contributed by atoms with van der Waals surface area (Å²) in [6.45, 7) is 8.70. The lowest BCUT2D eigenvalue weighted by Gasteiger charge is -2.32. The zero-order valence-electron chi connectivity index (χ0n) is 30.2. The topological polar surface area (TPSA) is 146 Å². The predicted molar refractivity (Wildman–Crippen MR) is 194 cm³/mol. The minimum atomic E-state index is -1.05. The third kappa shape index (κ3) is 11.2. The van der Waals surface area contributed by atoms with Crippen molar-refractivity contribution in [2.45, 2.75) is 96.4 Å². The first-order valence-electron chi connectivity index (χ1n) is 17.8. The Hall–Kier alpha value is -4.61. The van der Waals surface area contributed by atoms with Crippen LogP contribution in [0.2, 0.25) is 0 Å². The lowest BCUT2D eigenvalue weighted by Crippen LogP contribution is -2.40. The fourth-order valence-electron chi connectivity index (χ4n) is 5.85. The fourth-order valence-corrected chi connectivity index (χ4v) is 5.85. The van der Waals surface area contributed by atoms with Gasteiger partial charge in [0.1, 0.15) is 18.3 Å².